The minimum atomic E-state index is 0.590. The summed E-state index contributed by atoms with van der Waals surface area (Å²) in [5.41, 5.74) is 1.43. The predicted octanol–water partition coefficient (Wildman–Crippen LogP) is 2.96. The van der Waals surface area contributed by atoms with Gasteiger partial charge in [0, 0.05) is 9.61 Å². The molecule has 70 valence electrons. The number of rotatable bonds is 1. The van der Waals surface area contributed by atoms with Crippen LogP contribution in [0.4, 0.5) is 0 Å². The first kappa shape index (κ1) is 9.46. The van der Waals surface area contributed by atoms with Crippen molar-refractivity contribution in [1.82, 2.24) is 5.32 Å². The predicted molar refractivity (Wildman–Crippen MR) is 63.7 cm³/mol. The Bertz CT molecular complexity index is 281. The summed E-state index contributed by atoms with van der Waals surface area (Å²) >= 11 is 2.34. The van der Waals surface area contributed by atoms with E-state index in [1.807, 2.05) is 0 Å². The Morgan fingerprint density at radius 3 is 2.54 bits per heavy atom. The third-order valence-corrected chi connectivity index (χ3v) is 3.34. The van der Waals surface area contributed by atoms with Gasteiger partial charge in [-0.25, -0.2) is 0 Å². The number of benzene rings is 1. The minimum absolute atomic E-state index is 0.590. The van der Waals surface area contributed by atoms with Crippen LogP contribution in [-0.4, -0.2) is 6.54 Å². The highest BCUT2D eigenvalue weighted by Gasteiger charge is 2.21. The largest absolute Gasteiger partial charge is 0.310 e. The molecule has 1 aromatic carbocycles. The third kappa shape index (κ3) is 2.23. The van der Waals surface area contributed by atoms with Gasteiger partial charge < -0.3 is 5.32 Å². The fourth-order valence-corrected chi connectivity index (χ4v) is 2.22. The van der Waals surface area contributed by atoms with Crippen molar-refractivity contribution in [3.63, 3.8) is 0 Å². The standard InChI is InChI=1S/C11H14IN/c1-8-6-11(13-7-8)9-2-4-10(12)5-3-9/h2-5,8,11,13H,6-7H2,1H3. The molecule has 2 unspecified atom stereocenters. The van der Waals surface area contributed by atoms with Gasteiger partial charge in [0.2, 0.25) is 0 Å². The Balaban J connectivity index is 2.13. The Hall–Kier alpha value is -0.0900. The van der Waals surface area contributed by atoms with Crippen LogP contribution in [0.2, 0.25) is 0 Å². The molecule has 1 aliphatic heterocycles. The van der Waals surface area contributed by atoms with Gasteiger partial charge in [-0.15, -0.1) is 0 Å². The summed E-state index contributed by atoms with van der Waals surface area (Å²) in [6.45, 7) is 3.47. The van der Waals surface area contributed by atoms with Gasteiger partial charge in [0.05, 0.1) is 0 Å². The summed E-state index contributed by atoms with van der Waals surface area (Å²) in [7, 11) is 0. The van der Waals surface area contributed by atoms with Crippen LogP contribution in [0.1, 0.15) is 24.9 Å². The van der Waals surface area contributed by atoms with Gasteiger partial charge in [-0.05, 0) is 59.2 Å². The maximum atomic E-state index is 3.54. The SMILES string of the molecule is CC1CNC(c2ccc(I)cc2)C1. The van der Waals surface area contributed by atoms with Crippen LogP contribution in [0.3, 0.4) is 0 Å². The van der Waals surface area contributed by atoms with Gasteiger partial charge in [-0.2, -0.15) is 0 Å². The van der Waals surface area contributed by atoms with E-state index in [2.05, 4.69) is 59.1 Å². The lowest BCUT2D eigenvalue weighted by molar-refractivity contribution is 0.612. The first-order chi connectivity index (χ1) is 6.25. The van der Waals surface area contributed by atoms with Gasteiger partial charge in [0.25, 0.3) is 0 Å². The summed E-state index contributed by atoms with van der Waals surface area (Å²) in [6.07, 6.45) is 1.28. The van der Waals surface area contributed by atoms with Crippen molar-refractivity contribution < 1.29 is 0 Å². The molecular formula is C11H14IN. The quantitative estimate of drug-likeness (QED) is 0.783. The number of hydrogen-bond donors (Lipinski definition) is 1. The van der Waals surface area contributed by atoms with Crippen LogP contribution in [0.25, 0.3) is 0 Å². The van der Waals surface area contributed by atoms with E-state index < -0.39 is 0 Å². The van der Waals surface area contributed by atoms with Crippen LogP contribution in [-0.2, 0) is 0 Å². The van der Waals surface area contributed by atoms with Gasteiger partial charge in [-0.3, -0.25) is 0 Å². The first-order valence-corrected chi connectivity index (χ1v) is 5.82. The summed E-state index contributed by atoms with van der Waals surface area (Å²) in [5.74, 6) is 0.823. The minimum Gasteiger partial charge on any atom is -0.310 e. The van der Waals surface area contributed by atoms with Gasteiger partial charge in [0.15, 0.2) is 0 Å². The topological polar surface area (TPSA) is 12.0 Å². The fraction of sp³-hybridized carbons (Fsp3) is 0.455. The van der Waals surface area contributed by atoms with Crippen molar-refractivity contribution in [2.45, 2.75) is 19.4 Å². The Morgan fingerprint density at radius 2 is 2.00 bits per heavy atom. The number of halogens is 1. The smallest absolute Gasteiger partial charge is 0.0323 e. The third-order valence-electron chi connectivity index (χ3n) is 2.62. The summed E-state index contributed by atoms with van der Waals surface area (Å²) in [4.78, 5) is 0. The summed E-state index contributed by atoms with van der Waals surface area (Å²) in [6, 6.07) is 9.42. The van der Waals surface area contributed by atoms with E-state index in [0.29, 0.717) is 6.04 Å². The monoisotopic (exact) mass is 287 g/mol. The molecule has 0 amide bonds. The molecule has 0 bridgehead atoms. The molecule has 2 heteroatoms. The van der Waals surface area contributed by atoms with Crippen molar-refractivity contribution in [1.29, 1.82) is 0 Å². The lowest BCUT2D eigenvalue weighted by Gasteiger charge is -2.10. The highest BCUT2D eigenvalue weighted by atomic mass is 127. The maximum Gasteiger partial charge on any atom is 0.0323 e. The van der Waals surface area contributed by atoms with Crippen LogP contribution in [0, 0.1) is 9.49 Å². The molecule has 1 aliphatic rings. The molecule has 1 saturated heterocycles. The molecule has 0 aliphatic carbocycles. The second-order valence-electron chi connectivity index (χ2n) is 3.85. The molecule has 0 aromatic heterocycles. The van der Waals surface area contributed by atoms with E-state index in [4.69, 9.17) is 0 Å². The molecule has 2 atom stereocenters. The van der Waals surface area contributed by atoms with E-state index >= 15 is 0 Å². The second-order valence-corrected chi connectivity index (χ2v) is 5.10. The Morgan fingerprint density at radius 1 is 1.31 bits per heavy atom. The van der Waals surface area contributed by atoms with Crippen LogP contribution < -0.4 is 5.32 Å². The van der Waals surface area contributed by atoms with Crippen molar-refractivity contribution in [2.24, 2.45) is 5.92 Å². The van der Waals surface area contributed by atoms with Crippen molar-refractivity contribution in [3.8, 4) is 0 Å². The van der Waals surface area contributed by atoms with E-state index in [9.17, 15) is 0 Å². The lowest BCUT2D eigenvalue weighted by atomic mass is 10.0. The second kappa shape index (κ2) is 3.96. The zero-order valence-corrected chi connectivity index (χ0v) is 9.91. The molecule has 0 saturated carbocycles. The molecule has 1 heterocycles. The van der Waals surface area contributed by atoms with Crippen molar-refractivity contribution in [3.05, 3.63) is 33.4 Å². The lowest BCUT2D eigenvalue weighted by Crippen LogP contribution is -2.13. The first-order valence-electron chi connectivity index (χ1n) is 4.74. The fourth-order valence-electron chi connectivity index (χ4n) is 1.86. The molecule has 1 nitrogen and oxygen atoms in total. The molecule has 1 N–H and O–H groups in total. The molecule has 2 rings (SSSR count). The van der Waals surface area contributed by atoms with E-state index in [1.165, 1.54) is 15.6 Å². The molecule has 13 heavy (non-hydrogen) atoms. The highest BCUT2D eigenvalue weighted by molar-refractivity contribution is 14.1. The molecule has 0 radical (unpaired) electrons. The van der Waals surface area contributed by atoms with Crippen LogP contribution in [0.15, 0.2) is 24.3 Å². The van der Waals surface area contributed by atoms with Gasteiger partial charge in [-0.1, -0.05) is 19.1 Å². The Labute approximate surface area is 93.1 Å². The van der Waals surface area contributed by atoms with Crippen LogP contribution >= 0.6 is 22.6 Å². The van der Waals surface area contributed by atoms with Gasteiger partial charge in [0.1, 0.15) is 0 Å². The number of hydrogen-bond acceptors (Lipinski definition) is 1. The molecule has 0 spiro atoms. The van der Waals surface area contributed by atoms with E-state index in [1.54, 1.807) is 0 Å². The zero-order chi connectivity index (χ0) is 9.26. The van der Waals surface area contributed by atoms with Crippen LogP contribution in [0.5, 0.6) is 0 Å². The van der Waals surface area contributed by atoms with Gasteiger partial charge >= 0.3 is 0 Å². The normalized spacial score (nSPS) is 27.8. The average molecular weight is 287 g/mol. The molecule has 1 aromatic rings. The van der Waals surface area contributed by atoms with Crippen molar-refractivity contribution >= 4 is 22.6 Å². The molecule has 1 fully saturated rings. The number of nitrogens with one attached hydrogen (secondary N) is 1. The Kier molecular flexibility index (Phi) is 2.89. The molecular weight excluding hydrogens is 273 g/mol. The van der Waals surface area contributed by atoms with E-state index in [-0.39, 0.29) is 0 Å². The zero-order valence-electron chi connectivity index (χ0n) is 7.76. The summed E-state index contributed by atoms with van der Waals surface area (Å²) < 4.78 is 1.31. The van der Waals surface area contributed by atoms with E-state index in [0.717, 1.165) is 12.5 Å². The maximum absolute atomic E-state index is 3.54. The van der Waals surface area contributed by atoms with Crippen molar-refractivity contribution in [2.75, 3.05) is 6.54 Å². The average Bonchev–Trinajstić information content (AvgIpc) is 2.53. The summed E-state index contributed by atoms with van der Waals surface area (Å²) in [5, 5.41) is 3.54. The highest BCUT2D eigenvalue weighted by Crippen LogP contribution is 2.26.